The van der Waals surface area contributed by atoms with E-state index in [0.29, 0.717) is 17.0 Å². The van der Waals surface area contributed by atoms with Crippen molar-refractivity contribution in [2.45, 2.75) is 0 Å². The number of furan rings is 1. The van der Waals surface area contributed by atoms with Gasteiger partial charge in [-0.3, -0.25) is 0 Å². The molecule has 0 atom stereocenters. The molecule has 2 aromatic rings. The fourth-order valence-corrected chi connectivity index (χ4v) is 2.24. The molecule has 0 amide bonds. The van der Waals surface area contributed by atoms with E-state index in [2.05, 4.69) is 5.16 Å². The summed E-state index contributed by atoms with van der Waals surface area (Å²) in [6.07, 6.45) is 3.18. The van der Waals surface area contributed by atoms with Crippen molar-refractivity contribution in [2.24, 2.45) is 5.16 Å². The van der Waals surface area contributed by atoms with Gasteiger partial charge in [0.15, 0.2) is 0 Å². The molecule has 1 aliphatic rings. The van der Waals surface area contributed by atoms with Gasteiger partial charge in [-0.1, -0.05) is 11.2 Å². The highest BCUT2D eigenvalue weighted by Crippen LogP contribution is 2.23. The quantitative estimate of drug-likeness (QED) is 0.603. The molecule has 0 saturated carbocycles. The number of carbonyl (C=O) groups is 1. The lowest BCUT2D eigenvalue weighted by molar-refractivity contribution is -0.136. The van der Waals surface area contributed by atoms with E-state index in [4.69, 9.17) is 9.25 Å². The predicted octanol–water partition coefficient (Wildman–Crippen LogP) is 2.69. The monoisotopic (exact) mass is 245 g/mol. The second kappa shape index (κ2) is 4.03. The Bertz CT molecular complexity index is 594. The predicted molar refractivity (Wildman–Crippen MR) is 63.6 cm³/mol. The molecule has 5 heteroatoms. The third kappa shape index (κ3) is 1.81. The van der Waals surface area contributed by atoms with Gasteiger partial charge in [-0.2, -0.15) is 0 Å². The number of hydrogen-bond donors (Lipinski definition) is 0. The van der Waals surface area contributed by atoms with Gasteiger partial charge in [-0.05, 0) is 29.7 Å². The lowest BCUT2D eigenvalue weighted by Crippen LogP contribution is -2.05. The third-order valence-corrected chi connectivity index (χ3v) is 3.16. The molecule has 0 aliphatic carbocycles. The summed E-state index contributed by atoms with van der Waals surface area (Å²) >= 11 is 1.50. The van der Waals surface area contributed by atoms with Crippen molar-refractivity contribution in [3.63, 3.8) is 0 Å². The van der Waals surface area contributed by atoms with Crippen molar-refractivity contribution in [2.75, 3.05) is 0 Å². The van der Waals surface area contributed by atoms with Crippen LogP contribution in [0.5, 0.6) is 0 Å². The molecule has 0 bridgehead atoms. The first kappa shape index (κ1) is 10.0. The van der Waals surface area contributed by atoms with Gasteiger partial charge >= 0.3 is 5.97 Å². The lowest BCUT2D eigenvalue weighted by atomic mass is 10.1. The van der Waals surface area contributed by atoms with Gasteiger partial charge in [0.25, 0.3) is 0 Å². The van der Waals surface area contributed by atoms with Gasteiger partial charge in [-0.25, -0.2) is 4.79 Å². The van der Waals surface area contributed by atoms with Crippen LogP contribution in [-0.2, 0) is 9.63 Å². The largest absolute Gasteiger partial charge is 0.465 e. The average Bonchev–Trinajstić information content (AvgIpc) is 3.03. The first-order chi connectivity index (χ1) is 8.34. The van der Waals surface area contributed by atoms with Gasteiger partial charge in [0, 0.05) is 0 Å². The van der Waals surface area contributed by atoms with E-state index in [9.17, 15) is 4.79 Å². The highest BCUT2D eigenvalue weighted by molar-refractivity contribution is 7.12. The Balaban J connectivity index is 2.03. The molecular weight excluding hydrogens is 238 g/mol. The maximum absolute atomic E-state index is 11.6. The Labute approximate surface area is 101 Å². The maximum atomic E-state index is 11.6. The van der Waals surface area contributed by atoms with Crippen LogP contribution in [0.1, 0.15) is 10.6 Å². The van der Waals surface area contributed by atoms with Gasteiger partial charge in [0.1, 0.15) is 11.5 Å². The molecule has 0 saturated heterocycles. The number of oxime groups is 1. The zero-order valence-electron chi connectivity index (χ0n) is 8.62. The number of carbonyl (C=O) groups excluding carboxylic acids is 1. The Morgan fingerprint density at radius 2 is 2.24 bits per heavy atom. The second-order valence-corrected chi connectivity index (χ2v) is 4.32. The molecule has 1 aliphatic heterocycles. The summed E-state index contributed by atoms with van der Waals surface area (Å²) < 4.78 is 5.17. The van der Waals surface area contributed by atoms with E-state index < -0.39 is 5.97 Å². The highest BCUT2D eigenvalue weighted by atomic mass is 32.1. The summed E-state index contributed by atoms with van der Waals surface area (Å²) in [5.41, 5.74) is 0.976. The van der Waals surface area contributed by atoms with Crippen LogP contribution in [0.2, 0.25) is 0 Å². The van der Waals surface area contributed by atoms with Crippen molar-refractivity contribution in [1.29, 1.82) is 0 Å². The van der Waals surface area contributed by atoms with E-state index in [0.717, 1.165) is 4.88 Å². The molecule has 2 aromatic heterocycles. The minimum absolute atomic E-state index is 0.419. The van der Waals surface area contributed by atoms with E-state index in [1.807, 2.05) is 17.5 Å². The van der Waals surface area contributed by atoms with Crippen LogP contribution in [0.15, 0.2) is 51.1 Å². The summed E-state index contributed by atoms with van der Waals surface area (Å²) in [5, 5.41) is 5.71. The molecule has 0 unspecified atom stereocenters. The van der Waals surface area contributed by atoms with Crippen LogP contribution in [0.25, 0.3) is 6.08 Å². The molecule has 3 rings (SSSR count). The molecule has 0 spiro atoms. The molecule has 0 aromatic carbocycles. The summed E-state index contributed by atoms with van der Waals surface area (Å²) in [6.45, 7) is 0. The third-order valence-electron chi connectivity index (χ3n) is 2.28. The van der Waals surface area contributed by atoms with Gasteiger partial charge in [0.05, 0.1) is 16.7 Å². The van der Waals surface area contributed by atoms with E-state index in [1.54, 1.807) is 24.5 Å². The van der Waals surface area contributed by atoms with Crippen LogP contribution >= 0.6 is 11.3 Å². The second-order valence-electron chi connectivity index (χ2n) is 3.37. The number of nitrogens with zero attached hydrogens (tertiary/aromatic N) is 1. The van der Waals surface area contributed by atoms with Crippen LogP contribution in [0.4, 0.5) is 0 Å². The Morgan fingerprint density at radius 1 is 1.29 bits per heavy atom. The summed E-state index contributed by atoms with van der Waals surface area (Å²) in [4.78, 5) is 17.2. The van der Waals surface area contributed by atoms with E-state index in [-0.39, 0.29) is 0 Å². The van der Waals surface area contributed by atoms with Crippen LogP contribution in [0.3, 0.4) is 0 Å². The molecular formula is C12H7NO3S. The molecule has 0 radical (unpaired) electrons. The van der Waals surface area contributed by atoms with Crippen molar-refractivity contribution in [3.8, 4) is 0 Å². The Morgan fingerprint density at radius 3 is 2.94 bits per heavy atom. The minimum Gasteiger partial charge on any atom is -0.465 e. The SMILES string of the molecule is O=C1ON=C(c2cccs2)C1=Cc1ccco1. The molecule has 84 valence electrons. The average molecular weight is 245 g/mol. The Kier molecular flexibility index (Phi) is 2.38. The van der Waals surface area contributed by atoms with Crippen LogP contribution < -0.4 is 0 Å². The summed E-state index contributed by atoms with van der Waals surface area (Å²) in [7, 11) is 0. The maximum Gasteiger partial charge on any atom is 0.368 e. The lowest BCUT2D eigenvalue weighted by Gasteiger charge is -1.94. The smallest absolute Gasteiger partial charge is 0.368 e. The standard InChI is InChI=1S/C12H7NO3S/c14-12-9(7-8-3-1-5-15-8)11(13-16-12)10-4-2-6-17-10/h1-7H. The van der Waals surface area contributed by atoms with Crippen molar-refractivity contribution >= 4 is 29.1 Å². The van der Waals surface area contributed by atoms with Crippen molar-refractivity contribution in [1.82, 2.24) is 0 Å². The van der Waals surface area contributed by atoms with Crippen molar-refractivity contribution < 1.29 is 14.0 Å². The van der Waals surface area contributed by atoms with Crippen LogP contribution in [0, 0.1) is 0 Å². The first-order valence-corrected chi connectivity index (χ1v) is 5.81. The van der Waals surface area contributed by atoms with Gasteiger partial charge in [-0.15, -0.1) is 11.3 Å². The molecule has 4 nitrogen and oxygen atoms in total. The zero-order valence-corrected chi connectivity index (χ0v) is 9.44. The number of rotatable bonds is 2. The normalized spacial score (nSPS) is 17.3. The minimum atomic E-state index is -0.454. The fraction of sp³-hybridized carbons (Fsp3) is 0. The number of hydrogen-bond acceptors (Lipinski definition) is 5. The highest BCUT2D eigenvalue weighted by Gasteiger charge is 2.27. The summed E-state index contributed by atoms with van der Waals surface area (Å²) in [6, 6.07) is 7.32. The molecule has 17 heavy (non-hydrogen) atoms. The topological polar surface area (TPSA) is 51.8 Å². The fourth-order valence-electron chi connectivity index (χ4n) is 1.52. The first-order valence-electron chi connectivity index (χ1n) is 4.93. The Hall–Kier alpha value is -2.14. The van der Waals surface area contributed by atoms with E-state index >= 15 is 0 Å². The number of thiophene rings is 1. The summed E-state index contributed by atoms with van der Waals surface area (Å²) in [5.74, 6) is 0.146. The van der Waals surface area contributed by atoms with Crippen molar-refractivity contribution in [3.05, 3.63) is 52.1 Å². The van der Waals surface area contributed by atoms with Gasteiger partial charge in [0.2, 0.25) is 0 Å². The molecule has 3 heterocycles. The van der Waals surface area contributed by atoms with Crippen LogP contribution in [-0.4, -0.2) is 11.7 Å². The van der Waals surface area contributed by atoms with Gasteiger partial charge < -0.3 is 9.25 Å². The molecule has 0 fully saturated rings. The van der Waals surface area contributed by atoms with E-state index in [1.165, 1.54) is 11.3 Å². The zero-order chi connectivity index (χ0) is 11.7. The molecule has 0 N–H and O–H groups in total.